The minimum atomic E-state index is -0.241. The Labute approximate surface area is 161 Å². The number of anilines is 1. The number of aromatic nitrogens is 4. The lowest BCUT2D eigenvalue weighted by Crippen LogP contribution is -2.42. The van der Waals surface area contributed by atoms with Crippen LogP contribution in [0.5, 0.6) is 0 Å². The average Bonchev–Trinajstić information content (AvgIpc) is 3.17. The second kappa shape index (κ2) is 8.02. The van der Waals surface area contributed by atoms with Gasteiger partial charge in [0.25, 0.3) is 0 Å². The van der Waals surface area contributed by atoms with Crippen LogP contribution in [0.1, 0.15) is 18.4 Å². The Bertz CT molecular complexity index is 872. The van der Waals surface area contributed by atoms with E-state index < -0.39 is 0 Å². The molecule has 2 N–H and O–H groups in total. The van der Waals surface area contributed by atoms with Crippen molar-refractivity contribution in [3.8, 4) is 11.3 Å². The SMILES string of the molecule is Fc1ccc(-c2[nH]ncc2CNC2CCN(c3ccc(Cl)nn3)CC2)cc1. The second-order valence-corrected chi connectivity index (χ2v) is 7.02. The Balaban J connectivity index is 1.32. The van der Waals surface area contributed by atoms with Crippen molar-refractivity contribution in [2.24, 2.45) is 0 Å². The Hall–Kier alpha value is -2.51. The molecule has 0 aliphatic carbocycles. The fourth-order valence-electron chi connectivity index (χ4n) is 3.36. The summed E-state index contributed by atoms with van der Waals surface area (Å²) in [7, 11) is 0. The van der Waals surface area contributed by atoms with Crippen LogP contribution in [0, 0.1) is 5.82 Å². The van der Waals surface area contributed by atoms with E-state index in [1.54, 1.807) is 18.2 Å². The van der Waals surface area contributed by atoms with E-state index in [1.807, 2.05) is 12.3 Å². The van der Waals surface area contributed by atoms with E-state index in [0.29, 0.717) is 17.7 Å². The molecule has 0 saturated carbocycles. The van der Waals surface area contributed by atoms with Gasteiger partial charge in [0, 0.05) is 36.8 Å². The molecule has 1 saturated heterocycles. The molecule has 0 bridgehead atoms. The maximum absolute atomic E-state index is 13.1. The number of hydrogen-bond acceptors (Lipinski definition) is 5. The molecule has 3 heterocycles. The number of H-pyrrole nitrogens is 1. The van der Waals surface area contributed by atoms with E-state index in [-0.39, 0.29) is 5.82 Å². The summed E-state index contributed by atoms with van der Waals surface area (Å²) >= 11 is 5.80. The maximum Gasteiger partial charge on any atom is 0.151 e. The molecular weight excluding hydrogens is 367 g/mol. The summed E-state index contributed by atoms with van der Waals surface area (Å²) in [6.45, 7) is 2.56. The molecule has 6 nitrogen and oxygen atoms in total. The predicted octanol–water partition coefficient (Wildman–Crippen LogP) is 3.42. The third-order valence-corrected chi connectivity index (χ3v) is 5.07. The number of benzene rings is 1. The first-order valence-corrected chi connectivity index (χ1v) is 9.32. The minimum absolute atomic E-state index is 0.241. The van der Waals surface area contributed by atoms with Gasteiger partial charge >= 0.3 is 0 Å². The smallest absolute Gasteiger partial charge is 0.151 e. The Morgan fingerprint density at radius 1 is 1.11 bits per heavy atom. The van der Waals surface area contributed by atoms with Crippen LogP contribution in [0.2, 0.25) is 5.15 Å². The molecule has 2 aromatic heterocycles. The number of piperidine rings is 1. The summed E-state index contributed by atoms with van der Waals surface area (Å²) < 4.78 is 13.1. The van der Waals surface area contributed by atoms with Crippen LogP contribution in [0.15, 0.2) is 42.6 Å². The van der Waals surface area contributed by atoms with Gasteiger partial charge in [0.1, 0.15) is 5.82 Å². The third kappa shape index (κ3) is 4.26. The molecular formula is C19H20ClFN6. The highest BCUT2D eigenvalue weighted by Crippen LogP contribution is 2.22. The molecule has 1 aromatic carbocycles. The van der Waals surface area contributed by atoms with Gasteiger partial charge in [-0.2, -0.15) is 5.10 Å². The maximum atomic E-state index is 13.1. The average molecular weight is 387 g/mol. The lowest BCUT2D eigenvalue weighted by molar-refractivity contribution is 0.412. The molecule has 3 aromatic rings. The van der Waals surface area contributed by atoms with Gasteiger partial charge in [-0.3, -0.25) is 5.10 Å². The summed E-state index contributed by atoms with van der Waals surface area (Å²) in [5, 5.41) is 19.2. The van der Waals surface area contributed by atoms with Crippen molar-refractivity contribution in [3.05, 3.63) is 59.1 Å². The van der Waals surface area contributed by atoms with Crippen LogP contribution in [0.4, 0.5) is 10.2 Å². The normalized spacial score (nSPS) is 15.3. The largest absolute Gasteiger partial charge is 0.355 e. The first kappa shape index (κ1) is 17.9. The Morgan fingerprint density at radius 3 is 2.59 bits per heavy atom. The highest BCUT2D eigenvalue weighted by atomic mass is 35.5. The molecule has 1 aliphatic heterocycles. The quantitative estimate of drug-likeness (QED) is 0.703. The van der Waals surface area contributed by atoms with Gasteiger partial charge in [0.15, 0.2) is 11.0 Å². The van der Waals surface area contributed by atoms with Gasteiger partial charge in [0.2, 0.25) is 0 Å². The van der Waals surface area contributed by atoms with Crippen molar-refractivity contribution >= 4 is 17.4 Å². The molecule has 27 heavy (non-hydrogen) atoms. The second-order valence-electron chi connectivity index (χ2n) is 6.63. The van der Waals surface area contributed by atoms with Gasteiger partial charge in [-0.1, -0.05) is 11.6 Å². The van der Waals surface area contributed by atoms with E-state index >= 15 is 0 Å². The highest BCUT2D eigenvalue weighted by molar-refractivity contribution is 6.29. The number of halogens is 2. The summed E-state index contributed by atoms with van der Waals surface area (Å²) in [5.74, 6) is 0.626. The molecule has 0 atom stereocenters. The van der Waals surface area contributed by atoms with Crippen LogP contribution in [-0.4, -0.2) is 39.5 Å². The van der Waals surface area contributed by atoms with Crippen molar-refractivity contribution in [3.63, 3.8) is 0 Å². The molecule has 0 amide bonds. The molecule has 1 aliphatic rings. The predicted molar refractivity (Wildman–Crippen MR) is 103 cm³/mol. The fraction of sp³-hybridized carbons (Fsp3) is 0.316. The molecule has 0 spiro atoms. The van der Waals surface area contributed by atoms with Crippen molar-refractivity contribution in [2.45, 2.75) is 25.4 Å². The standard InChI is InChI=1S/C19H20ClFN6/c20-17-5-6-18(25-24-17)27-9-7-16(8-10-27)22-11-14-12-23-26-19(14)13-1-3-15(21)4-2-13/h1-6,12,16,22H,7-11H2,(H,23,26). The first-order valence-electron chi connectivity index (χ1n) is 8.95. The summed E-state index contributed by atoms with van der Waals surface area (Å²) in [6, 6.07) is 10.5. The Kier molecular flexibility index (Phi) is 5.31. The van der Waals surface area contributed by atoms with Crippen molar-refractivity contribution in [2.75, 3.05) is 18.0 Å². The zero-order valence-corrected chi connectivity index (χ0v) is 15.5. The number of hydrogen-bond donors (Lipinski definition) is 2. The number of nitrogens with zero attached hydrogens (tertiary/aromatic N) is 4. The van der Waals surface area contributed by atoms with Crippen molar-refractivity contribution in [1.29, 1.82) is 0 Å². The molecule has 0 radical (unpaired) electrons. The summed E-state index contributed by atoms with van der Waals surface area (Å²) in [6.07, 6.45) is 3.87. The van der Waals surface area contributed by atoms with Crippen LogP contribution in [0.3, 0.4) is 0 Å². The van der Waals surface area contributed by atoms with Gasteiger partial charge in [0.05, 0.1) is 11.9 Å². The summed E-state index contributed by atoms with van der Waals surface area (Å²) in [5.41, 5.74) is 2.94. The molecule has 1 fully saturated rings. The molecule has 8 heteroatoms. The minimum Gasteiger partial charge on any atom is -0.355 e. The zero-order valence-electron chi connectivity index (χ0n) is 14.7. The van der Waals surface area contributed by atoms with E-state index in [4.69, 9.17) is 11.6 Å². The summed E-state index contributed by atoms with van der Waals surface area (Å²) in [4.78, 5) is 2.23. The third-order valence-electron chi connectivity index (χ3n) is 4.87. The highest BCUT2D eigenvalue weighted by Gasteiger charge is 2.20. The van der Waals surface area contributed by atoms with Crippen molar-refractivity contribution in [1.82, 2.24) is 25.7 Å². The first-order chi connectivity index (χ1) is 13.2. The number of aromatic amines is 1. The molecule has 0 unspecified atom stereocenters. The van der Waals surface area contributed by atoms with Gasteiger partial charge in [-0.15, -0.1) is 10.2 Å². The van der Waals surface area contributed by atoms with E-state index in [9.17, 15) is 4.39 Å². The van der Waals surface area contributed by atoms with Crippen LogP contribution >= 0.6 is 11.6 Å². The number of rotatable bonds is 5. The van der Waals surface area contributed by atoms with Gasteiger partial charge in [-0.05, 0) is 49.2 Å². The monoisotopic (exact) mass is 386 g/mol. The Morgan fingerprint density at radius 2 is 1.89 bits per heavy atom. The van der Waals surface area contributed by atoms with E-state index in [1.165, 1.54) is 12.1 Å². The molecule has 140 valence electrons. The van der Waals surface area contributed by atoms with E-state index in [2.05, 4.69) is 30.6 Å². The van der Waals surface area contributed by atoms with Gasteiger partial charge < -0.3 is 10.2 Å². The van der Waals surface area contributed by atoms with Crippen LogP contribution in [0.25, 0.3) is 11.3 Å². The fourth-order valence-corrected chi connectivity index (χ4v) is 3.46. The topological polar surface area (TPSA) is 69.7 Å². The van der Waals surface area contributed by atoms with Crippen LogP contribution in [-0.2, 0) is 6.54 Å². The lowest BCUT2D eigenvalue weighted by atomic mass is 10.0. The van der Waals surface area contributed by atoms with Gasteiger partial charge in [-0.25, -0.2) is 4.39 Å². The van der Waals surface area contributed by atoms with Crippen LogP contribution < -0.4 is 10.2 Å². The van der Waals surface area contributed by atoms with E-state index in [0.717, 1.165) is 48.6 Å². The zero-order chi connectivity index (χ0) is 18.6. The number of nitrogens with one attached hydrogen (secondary N) is 2. The lowest BCUT2D eigenvalue weighted by Gasteiger charge is -2.33. The molecule has 4 rings (SSSR count). The van der Waals surface area contributed by atoms with Crippen molar-refractivity contribution < 1.29 is 4.39 Å².